The number of carbonyl (C=O) groups is 2. The van der Waals surface area contributed by atoms with Crippen LogP contribution >= 0.6 is 11.6 Å². The topological polar surface area (TPSA) is 70.2 Å². The summed E-state index contributed by atoms with van der Waals surface area (Å²) in [7, 11) is 1.46. The number of benzene rings is 1. The van der Waals surface area contributed by atoms with Crippen LogP contribution in [0.25, 0.3) is 0 Å². The Bertz CT molecular complexity index is 595. The lowest BCUT2D eigenvalue weighted by Gasteiger charge is -2.29. The molecule has 0 radical (unpaired) electrons. The van der Waals surface area contributed by atoms with Crippen LogP contribution in [0.1, 0.15) is 18.5 Å². The molecule has 20 heavy (non-hydrogen) atoms. The van der Waals surface area contributed by atoms with Gasteiger partial charge in [-0.05, 0) is 19.1 Å². The average Bonchev–Trinajstić information content (AvgIpc) is 2.37. The van der Waals surface area contributed by atoms with Crippen LogP contribution in [0.4, 0.5) is 9.18 Å². The molecular formula is C13H13ClFN3O2. The van der Waals surface area contributed by atoms with Crippen LogP contribution in [0.15, 0.2) is 29.5 Å². The molecular weight excluding hydrogens is 285 g/mol. The molecule has 0 unspecified atom stereocenters. The molecule has 3 amide bonds. The van der Waals surface area contributed by atoms with Crippen LogP contribution in [-0.2, 0) is 4.79 Å². The molecule has 0 saturated carbocycles. The maximum absolute atomic E-state index is 14.0. The fourth-order valence-electron chi connectivity index (χ4n) is 2.13. The summed E-state index contributed by atoms with van der Waals surface area (Å²) in [6, 6.07) is 2.74. The van der Waals surface area contributed by atoms with Crippen molar-refractivity contribution in [1.82, 2.24) is 16.0 Å². The number of likely N-dealkylation sites (N-methyl/N-ethyl adjacent to an activating group) is 1. The van der Waals surface area contributed by atoms with Crippen molar-refractivity contribution in [2.24, 2.45) is 0 Å². The number of amides is 3. The highest BCUT2D eigenvalue weighted by Crippen LogP contribution is 2.33. The largest absolute Gasteiger partial charge is 0.355 e. The Labute approximate surface area is 120 Å². The molecule has 2 rings (SSSR count). The van der Waals surface area contributed by atoms with Crippen molar-refractivity contribution in [3.05, 3.63) is 45.9 Å². The number of hydrogen-bond donors (Lipinski definition) is 3. The van der Waals surface area contributed by atoms with Gasteiger partial charge in [-0.3, -0.25) is 4.79 Å². The third-order valence-electron chi connectivity index (χ3n) is 3.03. The van der Waals surface area contributed by atoms with Gasteiger partial charge in [0.25, 0.3) is 5.91 Å². The molecule has 3 N–H and O–H groups in total. The van der Waals surface area contributed by atoms with Gasteiger partial charge in [0, 0.05) is 23.3 Å². The Morgan fingerprint density at radius 3 is 2.75 bits per heavy atom. The van der Waals surface area contributed by atoms with Gasteiger partial charge in [-0.25, -0.2) is 9.18 Å². The number of halogens is 2. The van der Waals surface area contributed by atoms with E-state index in [9.17, 15) is 14.0 Å². The minimum absolute atomic E-state index is 0.0713. The summed E-state index contributed by atoms with van der Waals surface area (Å²) in [4.78, 5) is 23.5. The van der Waals surface area contributed by atoms with Gasteiger partial charge in [-0.2, -0.15) is 0 Å². The van der Waals surface area contributed by atoms with Crippen molar-refractivity contribution in [2.75, 3.05) is 7.05 Å². The van der Waals surface area contributed by atoms with Gasteiger partial charge in [-0.1, -0.05) is 17.7 Å². The predicted molar refractivity (Wildman–Crippen MR) is 72.6 cm³/mol. The molecule has 5 nitrogen and oxygen atoms in total. The maximum Gasteiger partial charge on any atom is 0.319 e. The highest BCUT2D eigenvalue weighted by Gasteiger charge is 2.33. The van der Waals surface area contributed by atoms with Gasteiger partial charge in [0.15, 0.2) is 0 Å². The molecule has 1 aromatic rings. The summed E-state index contributed by atoms with van der Waals surface area (Å²) in [5.41, 5.74) is 0.651. The zero-order chi connectivity index (χ0) is 14.9. The van der Waals surface area contributed by atoms with Gasteiger partial charge in [0.2, 0.25) is 0 Å². The Kier molecular flexibility index (Phi) is 3.94. The van der Waals surface area contributed by atoms with Gasteiger partial charge >= 0.3 is 6.03 Å². The standard InChI is InChI=1S/C13H13ClFN3O2/c1-6-9(12(19)16-2)11(18-13(20)17-6)10-7(14)4-3-5-8(10)15/h3-5,11H,1-2H3,(H,16,19)(H2,17,18,20)/t11-/m1/s1. The molecule has 106 valence electrons. The Balaban J connectivity index is 2.60. The minimum atomic E-state index is -0.933. The van der Waals surface area contributed by atoms with E-state index in [0.717, 1.165) is 0 Å². The van der Waals surface area contributed by atoms with Gasteiger partial charge in [0.05, 0.1) is 11.6 Å². The second-order valence-electron chi connectivity index (χ2n) is 4.28. The van der Waals surface area contributed by atoms with E-state index in [0.29, 0.717) is 5.70 Å². The van der Waals surface area contributed by atoms with Crippen LogP contribution in [0, 0.1) is 5.82 Å². The highest BCUT2D eigenvalue weighted by molar-refractivity contribution is 6.31. The summed E-state index contributed by atoms with van der Waals surface area (Å²) in [5, 5.41) is 7.61. The first-order valence-electron chi connectivity index (χ1n) is 5.90. The molecule has 0 saturated heterocycles. The number of rotatable bonds is 2. The normalized spacial score (nSPS) is 18.4. The Morgan fingerprint density at radius 2 is 2.15 bits per heavy atom. The van der Waals surface area contributed by atoms with Crippen molar-refractivity contribution in [1.29, 1.82) is 0 Å². The molecule has 0 bridgehead atoms. The van der Waals surface area contributed by atoms with Crippen LogP contribution < -0.4 is 16.0 Å². The first-order valence-corrected chi connectivity index (χ1v) is 6.27. The summed E-state index contributed by atoms with van der Waals surface area (Å²) >= 11 is 6.01. The van der Waals surface area contributed by atoms with E-state index in [-0.39, 0.29) is 16.2 Å². The molecule has 1 aliphatic heterocycles. The van der Waals surface area contributed by atoms with Crippen molar-refractivity contribution < 1.29 is 14.0 Å². The highest BCUT2D eigenvalue weighted by atomic mass is 35.5. The van der Waals surface area contributed by atoms with E-state index in [1.807, 2.05) is 0 Å². The lowest BCUT2D eigenvalue weighted by atomic mass is 9.94. The van der Waals surface area contributed by atoms with E-state index in [2.05, 4.69) is 16.0 Å². The first-order chi connectivity index (χ1) is 9.45. The van der Waals surface area contributed by atoms with Crippen molar-refractivity contribution in [3.8, 4) is 0 Å². The van der Waals surface area contributed by atoms with Crippen LogP contribution in [0.5, 0.6) is 0 Å². The molecule has 1 heterocycles. The van der Waals surface area contributed by atoms with Gasteiger partial charge in [-0.15, -0.1) is 0 Å². The lowest BCUT2D eigenvalue weighted by Crippen LogP contribution is -2.46. The summed E-state index contributed by atoms with van der Waals surface area (Å²) in [6.07, 6.45) is 0. The Hall–Kier alpha value is -2.08. The predicted octanol–water partition coefficient (Wildman–Crippen LogP) is 1.85. The summed E-state index contributed by atoms with van der Waals surface area (Å²) in [6.45, 7) is 1.57. The average molecular weight is 298 g/mol. The fraction of sp³-hybridized carbons (Fsp3) is 0.231. The van der Waals surface area contributed by atoms with Crippen LogP contribution in [-0.4, -0.2) is 19.0 Å². The molecule has 0 fully saturated rings. The van der Waals surface area contributed by atoms with E-state index >= 15 is 0 Å². The summed E-state index contributed by atoms with van der Waals surface area (Å²) in [5.74, 6) is -1.00. The molecule has 1 aliphatic rings. The SMILES string of the molecule is CNC(=O)C1=C(C)NC(=O)N[C@H]1c1c(F)cccc1Cl. The molecule has 0 aliphatic carbocycles. The maximum atomic E-state index is 14.0. The Morgan fingerprint density at radius 1 is 1.45 bits per heavy atom. The number of hydrogen-bond acceptors (Lipinski definition) is 2. The number of allylic oxidation sites excluding steroid dienone is 1. The zero-order valence-electron chi connectivity index (χ0n) is 10.9. The van der Waals surface area contributed by atoms with E-state index < -0.39 is 23.8 Å². The second-order valence-corrected chi connectivity index (χ2v) is 4.69. The van der Waals surface area contributed by atoms with Crippen LogP contribution in [0.3, 0.4) is 0 Å². The van der Waals surface area contributed by atoms with Gasteiger partial charge < -0.3 is 16.0 Å². The molecule has 0 aromatic heterocycles. The zero-order valence-corrected chi connectivity index (χ0v) is 11.6. The van der Waals surface area contributed by atoms with Crippen molar-refractivity contribution >= 4 is 23.5 Å². The molecule has 1 atom stereocenters. The molecule has 0 spiro atoms. The molecule has 7 heteroatoms. The number of carbonyl (C=O) groups excluding carboxylic acids is 2. The third-order valence-corrected chi connectivity index (χ3v) is 3.36. The third kappa shape index (κ3) is 2.46. The van der Waals surface area contributed by atoms with Crippen molar-refractivity contribution in [3.63, 3.8) is 0 Å². The lowest BCUT2D eigenvalue weighted by molar-refractivity contribution is -0.117. The monoisotopic (exact) mass is 297 g/mol. The quantitative estimate of drug-likeness (QED) is 0.780. The number of urea groups is 1. The van der Waals surface area contributed by atoms with Gasteiger partial charge in [0.1, 0.15) is 5.82 Å². The fourth-order valence-corrected chi connectivity index (χ4v) is 2.40. The summed E-state index contributed by atoms with van der Waals surface area (Å²) < 4.78 is 14.0. The van der Waals surface area contributed by atoms with E-state index in [4.69, 9.17) is 11.6 Å². The smallest absolute Gasteiger partial charge is 0.319 e. The van der Waals surface area contributed by atoms with E-state index in [1.165, 1.54) is 25.2 Å². The van der Waals surface area contributed by atoms with E-state index in [1.54, 1.807) is 6.92 Å². The second kappa shape index (κ2) is 5.50. The van der Waals surface area contributed by atoms with Crippen molar-refractivity contribution in [2.45, 2.75) is 13.0 Å². The number of nitrogens with one attached hydrogen (secondary N) is 3. The minimum Gasteiger partial charge on any atom is -0.355 e. The molecule has 1 aromatic carbocycles. The first kappa shape index (κ1) is 14.3. The van der Waals surface area contributed by atoms with Crippen LogP contribution in [0.2, 0.25) is 5.02 Å².